The summed E-state index contributed by atoms with van der Waals surface area (Å²) in [6.45, 7) is 1.75. The molecule has 0 aliphatic rings. The number of nitrogens with one attached hydrogen (secondary N) is 1. The predicted octanol–water partition coefficient (Wildman–Crippen LogP) is 3.14. The Morgan fingerprint density at radius 1 is 1.50 bits per heavy atom. The van der Waals surface area contributed by atoms with Gasteiger partial charge in [-0.05, 0) is 25.1 Å². The zero-order valence-corrected chi connectivity index (χ0v) is 10.6. The zero-order chi connectivity index (χ0) is 13.3. The Balaban J connectivity index is 2.40. The normalized spacial score (nSPS) is 10.2. The molecule has 0 unspecified atom stereocenters. The van der Waals surface area contributed by atoms with Gasteiger partial charge in [0.05, 0.1) is 10.7 Å². The van der Waals surface area contributed by atoms with E-state index in [0.29, 0.717) is 22.8 Å². The van der Waals surface area contributed by atoms with Crippen molar-refractivity contribution in [2.75, 3.05) is 5.32 Å². The largest absolute Gasteiger partial charge is 0.339 e. The molecule has 0 amide bonds. The fourth-order valence-corrected chi connectivity index (χ4v) is 1.83. The highest BCUT2D eigenvalue weighted by Crippen LogP contribution is 2.25. The van der Waals surface area contributed by atoms with Crippen LogP contribution in [0.5, 0.6) is 0 Å². The van der Waals surface area contributed by atoms with Crippen LogP contribution in [0.25, 0.3) is 0 Å². The van der Waals surface area contributed by atoms with E-state index in [4.69, 9.17) is 16.9 Å². The van der Waals surface area contributed by atoms with Gasteiger partial charge in [-0.25, -0.2) is 4.39 Å². The number of anilines is 2. The van der Waals surface area contributed by atoms with Crippen LogP contribution in [0.2, 0.25) is 5.02 Å². The monoisotopic (exact) mass is 264 g/mol. The van der Waals surface area contributed by atoms with Crippen molar-refractivity contribution in [2.24, 2.45) is 7.05 Å². The average Bonchev–Trinajstić information content (AvgIpc) is 2.58. The molecule has 18 heavy (non-hydrogen) atoms. The maximum absolute atomic E-state index is 13.0. The van der Waals surface area contributed by atoms with Crippen LogP contribution in [0.3, 0.4) is 0 Å². The van der Waals surface area contributed by atoms with Crippen molar-refractivity contribution < 1.29 is 4.39 Å². The highest BCUT2D eigenvalue weighted by atomic mass is 35.5. The minimum absolute atomic E-state index is 0.0254. The van der Waals surface area contributed by atoms with Crippen LogP contribution < -0.4 is 5.32 Å². The van der Waals surface area contributed by atoms with Crippen LogP contribution in [-0.2, 0) is 7.05 Å². The van der Waals surface area contributed by atoms with E-state index in [2.05, 4.69) is 16.5 Å². The zero-order valence-electron chi connectivity index (χ0n) is 9.83. The highest BCUT2D eigenvalue weighted by molar-refractivity contribution is 6.31. The smallest absolute Gasteiger partial charge is 0.146 e. The van der Waals surface area contributed by atoms with Crippen molar-refractivity contribution in [1.82, 2.24) is 9.78 Å². The van der Waals surface area contributed by atoms with E-state index >= 15 is 0 Å². The molecular weight excluding hydrogens is 255 g/mol. The Hall–Kier alpha value is -2.06. The SMILES string of the molecule is Cc1nn(C)c(Nc2ccc(F)c(Cl)c2)c1C#N. The van der Waals surface area contributed by atoms with Crippen molar-refractivity contribution in [3.63, 3.8) is 0 Å². The Morgan fingerprint density at radius 2 is 2.22 bits per heavy atom. The molecule has 4 nitrogen and oxygen atoms in total. The summed E-state index contributed by atoms with van der Waals surface area (Å²) in [4.78, 5) is 0. The van der Waals surface area contributed by atoms with Gasteiger partial charge in [0.25, 0.3) is 0 Å². The summed E-state index contributed by atoms with van der Waals surface area (Å²) in [5.41, 5.74) is 1.69. The van der Waals surface area contributed by atoms with Crippen LogP contribution in [0.1, 0.15) is 11.3 Å². The molecule has 1 aromatic heterocycles. The van der Waals surface area contributed by atoms with E-state index in [1.54, 1.807) is 24.7 Å². The molecule has 2 aromatic rings. The molecule has 0 aliphatic heterocycles. The first-order valence-electron chi connectivity index (χ1n) is 5.18. The minimum atomic E-state index is -0.482. The standard InChI is InChI=1S/C12H10ClFN4/c1-7-9(6-15)12(18(2)17-7)16-8-3-4-11(14)10(13)5-8/h3-5,16H,1-2H3. The Labute approximate surface area is 109 Å². The average molecular weight is 265 g/mol. The number of rotatable bonds is 2. The van der Waals surface area contributed by atoms with E-state index in [1.807, 2.05) is 0 Å². The molecular formula is C12H10ClFN4. The number of benzene rings is 1. The maximum Gasteiger partial charge on any atom is 0.146 e. The summed E-state index contributed by atoms with van der Waals surface area (Å²) in [5.74, 6) is 0.0709. The van der Waals surface area contributed by atoms with Gasteiger partial charge in [0.2, 0.25) is 0 Å². The number of hydrogen-bond acceptors (Lipinski definition) is 3. The highest BCUT2D eigenvalue weighted by Gasteiger charge is 2.13. The fraction of sp³-hybridized carbons (Fsp3) is 0.167. The number of aromatic nitrogens is 2. The van der Waals surface area contributed by atoms with Crippen molar-refractivity contribution in [3.8, 4) is 6.07 Å². The van der Waals surface area contributed by atoms with Crippen molar-refractivity contribution in [2.45, 2.75) is 6.92 Å². The molecule has 0 spiro atoms. The van der Waals surface area contributed by atoms with Gasteiger partial charge in [0, 0.05) is 12.7 Å². The summed E-state index contributed by atoms with van der Waals surface area (Å²) >= 11 is 5.70. The second-order valence-corrected chi connectivity index (χ2v) is 4.21. The predicted molar refractivity (Wildman–Crippen MR) is 67.4 cm³/mol. The number of nitrogens with zero attached hydrogens (tertiary/aromatic N) is 3. The van der Waals surface area contributed by atoms with Crippen LogP contribution in [0.15, 0.2) is 18.2 Å². The summed E-state index contributed by atoms with van der Waals surface area (Å²) < 4.78 is 14.6. The van der Waals surface area contributed by atoms with Crippen LogP contribution in [0, 0.1) is 24.1 Å². The van der Waals surface area contributed by atoms with Gasteiger partial charge in [-0.1, -0.05) is 11.6 Å². The molecule has 0 atom stereocenters. The molecule has 0 bridgehead atoms. The second-order valence-electron chi connectivity index (χ2n) is 3.80. The van der Waals surface area contributed by atoms with Crippen LogP contribution in [0.4, 0.5) is 15.9 Å². The van der Waals surface area contributed by atoms with Gasteiger partial charge in [0.15, 0.2) is 0 Å². The molecule has 0 aliphatic carbocycles. The van der Waals surface area contributed by atoms with Crippen molar-refractivity contribution in [3.05, 3.63) is 40.3 Å². The third-order valence-electron chi connectivity index (χ3n) is 2.52. The summed E-state index contributed by atoms with van der Waals surface area (Å²) in [5, 5.41) is 16.2. The van der Waals surface area contributed by atoms with E-state index in [1.165, 1.54) is 12.1 Å². The first-order valence-corrected chi connectivity index (χ1v) is 5.56. The molecule has 0 fully saturated rings. The van der Waals surface area contributed by atoms with Gasteiger partial charge in [-0.15, -0.1) is 0 Å². The van der Waals surface area contributed by atoms with E-state index < -0.39 is 5.82 Å². The van der Waals surface area contributed by atoms with E-state index in [-0.39, 0.29) is 5.02 Å². The van der Waals surface area contributed by atoms with E-state index in [9.17, 15) is 4.39 Å². The molecule has 0 saturated carbocycles. The summed E-state index contributed by atoms with van der Waals surface area (Å²) in [6.07, 6.45) is 0. The topological polar surface area (TPSA) is 53.6 Å². The van der Waals surface area contributed by atoms with Gasteiger partial charge in [-0.3, -0.25) is 4.68 Å². The van der Waals surface area contributed by atoms with Gasteiger partial charge >= 0.3 is 0 Å². The van der Waals surface area contributed by atoms with Crippen molar-refractivity contribution in [1.29, 1.82) is 5.26 Å². The van der Waals surface area contributed by atoms with E-state index in [0.717, 1.165) is 0 Å². The van der Waals surface area contributed by atoms with Crippen LogP contribution >= 0.6 is 11.6 Å². The minimum Gasteiger partial charge on any atom is -0.339 e. The second kappa shape index (κ2) is 4.67. The Bertz CT molecular complexity index is 642. The molecule has 1 heterocycles. The molecule has 6 heteroatoms. The van der Waals surface area contributed by atoms with Gasteiger partial charge in [-0.2, -0.15) is 10.4 Å². The Morgan fingerprint density at radius 3 is 2.83 bits per heavy atom. The first-order chi connectivity index (χ1) is 8.52. The quantitative estimate of drug-likeness (QED) is 0.907. The molecule has 1 N–H and O–H groups in total. The summed E-state index contributed by atoms with van der Waals surface area (Å²) in [7, 11) is 1.72. The summed E-state index contributed by atoms with van der Waals surface area (Å²) in [6, 6.07) is 6.35. The molecule has 0 radical (unpaired) electrons. The lowest BCUT2D eigenvalue weighted by Crippen LogP contribution is -2.00. The lowest BCUT2D eigenvalue weighted by atomic mass is 10.2. The third-order valence-corrected chi connectivity index (χ3v) is 2.81. The molecule has 2 rings (SSSR count). The Kier molecular flexibility index (Phi) is 3.21. The number of nitriles is 1. The maximum atomic E-state index is 13.0. The first kappa shape index (κ1) is 12.4. The molecule has 1 aromatic carbocycles. The molecule has 0 saturated heterocycles. The van der Waals surface area contributed by atoms with Crippen molar-refractivity contribution >= 4 is 23.1 Å². The molecule has 92 valence electrons. The number of hydrogen-bond donors (Lipinski definition) is 1. The van der Waals surface area contributed by atoms with Gasteiger partial charge < -0.3 is 5.32 Å². The lowest BCUT2D eigenvalue weighted by molar-refractivity contribution is 0.628. The number of aryl methyl sites for hydroxylation is 2. The lowest BCUT2D eigenvalue weighted by Gasteiger charge is -2.07. The van der Waals surface area contributed by atoms with Crippen LogP contribution in [-0.4, -0.2) is 9.78 Å². The fourth-order valence-electron chi connectivity index (χ4n) is 1.65. The van der Waals surface area contributed by atoms with Gasteiger partial charge in [0.1, 0.15) is 23.3 Å². The number of halogens is 2. The third kappa shape index (κ3) is 2.15.